The van der Waals surface area contributed by atoms with E-state index in [4.69, 9.17) is 16.3 Å². The number of hydrogen-bond donors (Lipinski definition) is 1. The van der Waals surface area contributed by atoms with Crippen LogP contribution in [0.3, 0.4) is 0 Å². The van der Waals surface area contributed by atoms with Crippen molar-refractivity contribution in [1.29, 1.82) is 0 Å². The number of aromatic nitrogens is 2. The highest BCUT2D eigenvalue weighted by atomic mass is 35.5. The van der Waals surface area contributed by atoms with Crippen molar-refractivity contribution < 1.29 is 4.74 Å². The quantitative estimate of drug-likeness (QED) is 0.809. The minimum atomic E-state index is 0.0735. The SMILES string of the molecule is CC(C)Oc1cc(NCC(Cl)CC(C)(C)C)ncn1. The number of anilines is 1. The van der Waals surface area contributed by atoms with Crippen LogP contribution in [0.25, 0.3) is 0 Å². The molecule has 1 aromatic rings. The van der Waals surface area contributed by atoms with Crippen LogP contribution in [0.5, 0.6) is 5.88 Å². The molecule has 0 saturated heterocycles. The molecule has 0 bridgehead atoms. The lowest BCUT2D eigenvalue weighted by Crippen LogP contribution is -2.21. The van der Waals surface area contributed by atoms with Crippen molar-refractivity contribution in [3.8, 4) is 5.88 Å². The first-order valence-electron chi connectivity index (χ1n) is 6.63. The van der Waals surface area contributed by atoms with Crippen molar-refractivity contribution in [2.45, 2.75) is 52.5 Å². The Morgan fingerprint density at radius 3 is 2.58 bits per heavy atom. The van der Waals surface area contributed by atoms with E-state index in [0.717, 1.165) is 12.2 Å². The number of rotatable bonds is 6. The number of nitrogens with one attached hydrogen (secondary N) is 1. The summed E-state index contributed by atoms with van der Waals surface area (Å²) >= 11 is 6.30. The molecule has 1 aromatic heterocycles. The average Bonchev–Trinajstić information content (AvgIpc) is 2.23. The fourth-order valence-corrected chi connectivity index (χ4v) is 2.23. The van der Waals surface area contributed by atoms with Crippen molar-refractivity contribution in [2.24, 2.45) is 5.41 Å². The third kappa shape index (κ3) is 7.21. The number of halogens is 1. The van der Waals surface area contributed by atoms with Crippen molar-refractivity contribution in [2.75, 3.05) is 11.9 Å². The van der Waals surface area contributed by atoms with Crippen LogP contribution < -0.4 is 10.1 Å². The highest BCUT2D eigenvalue weighted by molar-refractivity contribution is 6.20. The van der Waals surface area contributed by atoms with Crippen LogP contribution in [0.15, 0.2) is 12.4 Å². The molecule has 0 aliphatic heterocycles. The molecule has 4 nitrogen and oxygen atoms in total. The van der Waals surface area contributed by atoms with Gasteiger partial charge in [0, 0.05) is 12.6 Å². The van der Waals surface area contributed by atoms with Gasteiger partial charge in [-0.2, -0.15) is 0 Å². The van der Waals surface area contributed by atoms with Gasteiger partial charge in [0.25, 0.3) is 0 Å². The summed E-state index contributed by atoms with van der Waals surface area (Å²) in [4.78, 5) is 8.21. The first kappa shape index (κ1) is 16.0. The topological polar surface area (TPSA) is 47.0 Å². The van der Waals surface area contributed by atoms with E-state index >= 15 is 0 Å². The van der Waals surface area contributed by atoms with Crippen LogP contribution in [-0.4, -0.2) is 28.0 Å². The van der Waals surface area contributed by atoms with Gasteiger partial charge in [0.15, 0.2) is 0 Å². The first-order valence-corrected chi connectivity index (χ1v) is 7.06. The van der Waals surface area contributed by atoms with E-state index in [0.29, 0.717) is 12.4 Å². The standard InChI is InChI=1S/C14H24ClN3O/c1-10(2)19-13-6-12(17-9-18-13)16-8-11(15)7-14(3,4)5/h6,9-11H,7-8H2,1-5H3,(H,16,17,18). The molecule has 0 aliphatic rings. The lowest BCUT2D eigenvalue weighted by atomic mass is 9.90. The molecule has 1 atom stereocenters. The Morgan fingerprint density at radius 2 is 2.00 bits per heavy atom. The van der Waals surface area contributed by atoms with E-state index in [9.17, 15) is 0 Å². The van der Waals surface area contributed by atoms with E-state index in [1.807, 2.05) is 13.8 Å². The predicted molar refractivity (Wildman–Crippen MR) is 80.0 cm³/mol. The van der Waals surface area contributed by atoms with Gasteiger partial charge in [-0.25, -0.2) is 9.97 Å². The summed E-state index contributed by atoms with van der Waals surface area (Å²) in [6.45, 7) is 11.2. The summed E-state index contributed by atoms with van der Waals surface area (Å²) in [6.07, 6.45) is 2.54. The zero-order valence-electron chi connectivity index (χ0n) is 12.4. The lowest BCUT2D eigenvalue weighted by Gasteiger charge is -2.22. The van der Waals surface area contributed by atoms with Crippen LogP contribution in [0, 0.1) is 5.41 Å². The van der Waals surface area contributed by atoms with Gasteiger partial charge >= 0.3 is 0 Å². The molecule has 1 unspecified atom stereocenters. The van der Waals surface area contributed by atoms with E-state index in [2.05, 4.69) is 36.1 Å². The summed E-state index contributed by atoms with van der Waals surface area (Å²) in [6, 6.07) is 1.79. The minimum absolute atomic E-state index is 0.0735. The van der Waals surface area contributed by atoms with Crippen molar-refractivity contribution >= 4 is 17.4 Å². The summed E-state index contributed by atoms with van der Waals surface area (Å²) in [5.41, 5.74) is 0.228. The molecule has 0 amide bonds. The first-order chi connectivity index (χ1) is 8.76. The maximum absolute atomic E-state index is 6.30. The molecule has 0 saturated carbocycles. The van der Waals surface area contributed by atoms with E-state index < -0.39 is 0 Å². The van der Waals surface area contributed by atoms with E-state index in [1.54, 1.807) is 6.07 Å². The van der Waals surface area contributed by atoms with Crippen molar-refractivity contribution in [1.82, 2.24) is 9.97 Å². The Balaban J connectivity index is 2.49. The second-order valence-corrected chi connectivity index (χ2v) is 6.77. The highest BCUT2D eigenvalue weighted by Gasteiger charge is 2.16. The summed E-state index contributed by atoms with van der Waals surface area (Å²) in [5.74, 6) is 1.32. The van der Waals surface area contributed by atoms with Gasteiger partial charge in [0.05, 0.1) is 11.5 Å². The fraction of sp³-hybridized carbons (Fsp3) is 0.714. The molecule has 0 spiro atoms. The highest BCUT2D eigenvalue weighted by Crippen LogP contribution is 2.24. The zero-order chi connectivity index (χ0) is 14.5. The Labute approximate surface area is 120 Å². The van der Waals surface area contributed by atoms with Crippen LogP contribution in [-0.2, 0) is 0 Å². The average molecular weight is 286 g/mol. The van der Waals surface area contributed by atoms with E-state index in [1.165, 1.54) is 6.33 Å². The van der Waals surface area contributed by atoms with Gasteiger partial charge in [0.1, 0.15) is 12.1 Å². The Hall–Kier alpha value is -1.03. The lowest BCUT2D eigenvalue weighted by molar-refractivity contribution is 0.232. The van der Waals surface area contributed by atoms with Gasteiger partial charge in [-0.05, 0) is 25.7 Å². The molecule has 19 heavy (non-hydrogen) atoms. The maximum Gasteiger partial charge on any atom is 0.218 e. The van der Waals surface area contributed by atoms with Crippen molar-refractivity contribution in [3.63, 3.8) is 0 Å². The molecule has 0 aliphatic carbocycles. The van der Waals surface area contributed by atoms with Crippen LogP contribution >= 0.6 is 11.6 Å². The smallest absolute Gasteiger partial charge is 0.218 e. The predicted octanol–water partition coefficient (Wildman–Crippen LogP) is 3.72. The number of alkyl halides is 1. The van der Waals surface area contributed by atoms with E-state index in [-0.39, 0.29) is 16.9 Å². The second-order valence-electron chi connectivity index (χ2n) is 6.15. The second kappa shape index (κ2) is 6.94. The van der Waals surface area contributed by atoms with Gasteiger partial charge in [0.2, 0.25) is 5.88 Å². The van der Waals surface area contributed by atoms with Crippen molar-refractivity contribution in [3.05, 3.63) is 12.4 Å². The summed E-state index contributed by atoms with van der Waals surface area (Å²) in [7, 11) is 0. The molecule has 0 radical (unpaired) electrons. The molecule has 108 valence electrons. The van der Waals surface area contributed by atoms with Gasteiger partial charge < -0.3 is 10.1 Å². The number of nitrogens with zero attached hydrogens (tertiary/aromatic N) is 2. The Bertz CT molecular complexity index is 391. The summed E-state index contributed by atoms with van der Waals surface area (Å²) < 4.78 is 5.52. The fourth-order valence-electron chi connectivity index (χ4n) is 1.69. The van der Waals surface area contributed by atoms with Gasteiger partial charge in [-0.3, -0.25) is 0 Å². The zero-order valence-corrected chi connectivity index (χ0v) is 13.2. The minimum Gasteiger partial charge on any atom is -0.475 e. The van der Waals surface area contributed by atoms with Gasteiger partial charge in [-0.15, -0.1) is 11.6 Å². The Morgan fingerprint density at radius 1 is 1.32 bits per heavy atom. The monoisotopic (exact) mass is 285 g/mol. The largest absolute Gasteiger partial charge is 0.475 e. The van der Waals surface area contributed by atoms with Crippen LogP contribution in [0.1, 0.15) is 41.0 Å². The summed E-state index contributed by atoms with van der Waals surface area (Å²) in [5, 5.41) is 3.29. The maximum atomic E-state index is 6.30. The molecular formula is C14H24ClN3O. The third-order valence-corrected chi connectivity index (χ3v) is 2.65. The normalized spacial score (nSPS) is 13.4. The molecule has 1 N–H and O–H groups in total. The number of hydrogen-bond acceptors (Lipinski definition) is 4. The molecule has 0 aromatic carbocycles. The molecular weight excluding hydrogens is 262 g/mol. The number of ether oxygens (including phenoxy) is 1. The van der Waals surface area contributed by atoms with Crippen LogP contribution in [0.2, 0.25) is 0 Å². The van der Waals surface area contributed by atoms with Crippen LogP contribution in [0.4, 0.5) is 5.82 Å². The third-order valence-electron chi connectivity index (χ3n) is 2.34. The molecule has 1 rings (SSSR count). The van der Waals surface area contributed by atoms with Gasteiger partial charge in [-0.1, -0.05) is 20.8 Å². The molecule has 5 heteroatoms. The molecule has 1 heterocycles. The Kier molecular flexibility index (Phi) is 5.85. The molecule has 0 fully saturated rings.